The highest BCUT2D eigenvalue weighted by atomic mass is 15.2. The molecule has 280 valence electrons. The number of fused-ring (bicyclic) bond motifs is 5. The van der Waals surface area contributed by atoms with Gasteiger partial charge in [0.05, 0.1) is 28.1 Å². The van der Waals surface area contributed by atoms with E-state index in [0.717, 1.165) is 50.8 Å². The Kier molecular flexibility index (Phi) is 7.85. The Labute approximate surface area is 348 Å². The van der Waals surface area contributed by atoms with Gasteiger partial charge in [0.1, 0.15) is 5.82 Å². The molecular formula is C57H37N3. The summed E-state index contributed by atoms with van der Waals surface area (Å²) in [5, 5.41) is 4.86. The van der Waals surface area contributed by atoms with E-state index in [4.69, 9.17) is 4.98 Å². The number of para-hydroxylation sites is 1. The molecule has 0 amide bonds. The van der Waals surface area contributed by atoms with Crippen LogP contribution < -0.4 is 4.90 Å². The monoisotopic (exact) mass is 763 g/mol. The van der Waals surface area contributed by atoms with Crippen LogP contribution in [0.15, 0.2) is 224 Å². The molecule has 0 bridgehead atoms. The minimum Gasteiger partial charge on any atom is -0.309 e. The maximum atomic E-state index is 5.56. The fraction of sp³-hybridized carbons (Fsp3) is 0. The highest BCUT2D eigenvalue weighted by Crippen LogP contribution is 2.54. The van der Waals surface area contributed by atoms with E-state index in [1.54, 1.807) is 0 Å². The number of rotatable bonds is 6. The van der Waals surface area contributed by atoms with Crippen LogP contribution in [0.3, 0.4) is 0 Å². The van der Waals surface area contributed by atoms with Crippen LogP contribution in [-0.4, -0.2) is 9.55 Å². The lowest BCUT2D eigenvalue weighted by atomic mass is 9.86. The minimum atomic E-state index is 0.868. The second kappa shape index (κ2) is 13.8. The van der Waals surface area contributed by atoms with Crippen molar-refractivity contribution in [1.82, 2.24) is 9.55 Å². The zero-order chi connectivity index (χ0) is 39.6. The maximum absolute atomic E-state index is 5.56. The number of pyridine rings is 1. The van der Waals surface area contributed by atoms with Gasteiger partial charge in [0.15, 0.2) is 0 Å². The van der Waals surface area contributed by atoms with Gasteiger partial charge in [0.25, 0.3) is 0 Å². The van der Waals surface area contributed by atoms with Crippen molar-refractivity contribution >= 4 is 49.8 Å². The summed E-state index contributed by atoms with van der Waals surface area (Å²) in [5.74, 6) is 0.868. The molecule has 9 aromatic carbocycles. The first-order valence-electron chi connectivity index (χ1n) is 20.5. The Balaban J connectivity index is 1.21. The van der Waals surface area contributed by atoms with Gasteiger partial charge in [0, 0.05) is 33.0 Å². The molecule has 11 aromatic rings. The summed E-state index contributed by atoms with van der Waals surface area (Å²) in [6.07, 6.45) is 0. The SMILES string of the molecule is c1ccc(-c2cc(-c3ccccc3)nc(N3c4cc5c(cc4-c4ccc(-c6ccccc6)c6cccc3c46)c3cc(-c4ccccc4)ccc3n5-c3ccccc3)c2)cc1. The molecule has 0 unspecified atom stereocenters. The lowest BCUT2D eigenvalue weighted by Gasteiger charge is -2.34. The van der Waals surface area contributed by atoms with Gasteiger partial charge in [0.2, 0.25) is 0 Å². The molecule has 3 heteroatoms. The first-order valence-corrected chi connectivity index (χ1v) is 20.5. The van der Waals surface area contributed by atoms with E-state index in [-0.39, 0.29) is 0 Å². The number of benzene rings is 9. The third-order valence-electron chi connectivity index (χ3n) is 12.1. The highest BCUT2D eigenvalue weighted by molar-refractivity contribution is 6.21. The Morgan fingerprint density at radius 2 is 0.917 bits per heavy atom. The Morgan fingerprint density at radius 1 is 0.317 bits per heavy atom. The van der Waals surface area contributed by atoms with Crippen LogP contribution in [0.4, 0.5) is 17.2 Å². The second-order valence-corrected chi connectivity index (χ2v) is 15.5. The Hall–Kier alpha value is -8.01. The van der Waals surface area contributed by atoms with Gasteiger partial charge < -0.3 is 4.57 Å². The van der Waals surface area contributed by atoms with Crippen molar-refractivity contribution in [2.45, 2.75) is 0 Å². The van der Waals surface area contributed by atoms with Crippen LogP contribution in [-0.2, 0) is 0 Å². The smallest absolute Gasteiger partial charge is 0.138 e. The topological polar surface area (TPSA) is 21.1 Å². The van der Waals surface area contributed by atoms with Gasteiger partial charge >= 0.3 is 0 Å². The minimum absolute atomic E-state index is 0.868. The van der Waals surface area contributed by atoms with Crippen molar-refractivity contribution in [1.29, 1.82) is 0 Å². The van der Waals surface area contributed by atoms with Gasteiger partial charge in [-0.3, -0.25) is 4.90 Å². The first kappa shape index (κ1) is 34.1. The number of anilines is 3. The molecule has 0 fully saturated rings. The van der Waals surface area contributed by atoms with Crippen molar-refractivity contribution in [2.24, 2.45) is 0 Å². The molecular weight excluding hydrogens is 727 g/mol. The molecule has 0 radical (unpaired) electrons. The molecule has 1 aliphatic rings. The van der Waals surface area contributed by atoms with Gasteiger partial charge in [-0.05, 0) is 98.9 Å². The summed E-state index contributed by atoms with van der Waals surface area (Å²) < 4.78 is 2.43. The van der Waals surface area contributed by atoms with Crippen molar-refractivity contribution in [3.63, 3.8) is 0 Å². The van der Waals surface area contributed by atoms with Crippen LogP contribution in [0.25, 0.3) is 94.0 Å². The van der Waals surface area contributed by atoms with E-state index in [1.165, 1.54) is 60.4 Å². The fourth-order valence-electron chi connectivity index (χ4n) is 9.35. The van der Waals surface area contributed by atoms with E-state index in [9.17, 15) is 0 Å². The summed E-state index contributed by atoms with van der Waals surface area (Å²) in [7, 11) is 0. The number of nitrogens with zero attached hydrogens (tertiary/aromatic N) is 3. The van der Waals surface area contributed by atoms with Crippen LogP contribution in [0.1, 0.15) is 0 Å². The lowest BCUT2D eigenvalue weighted by Crippen LogP contribution is -2.17. The number of aromatic nitrogens is 2. The van der Waals surface area contributed by atoms with E-state index >= 15 is 0 Å². The fourth-order valence-corrected chi connectivity index (χ4v) is 9.35. The molecule has 12 rings (SSSR count). The normalized spacial score (nSPS) is 12.0. The molecule has 0 saturated carbocycles. The van der Waals surface area contributed by atoms with Crippen LogP contribution in [0, 0.1) is 0 Å². The number of hydrogen-bond donors (Lipinski definition) is 0. The largest absolute Gasteiger partial charge is 0.309 e. The van der Waals surface area contributed by atoms with Crippen LogP contribution in [0.2, 0.25) is 0 Å². The average Bonchev–Trinajstić information content (AvgIpc) is 3.65. The molecule has 0 saturated heterocycles. The van der Waals surface area contributed by atoms with Crippen molar-refractivity contribution < 1.29 is 0 Å². The van der Waals surface area contributed by atoms with Crippen LogP contribution in [0.5, 0.6) is 0 Å². The van der Waals surface area contributed by atoms with Crippen molar-refractivity contribution in [3.05, 3.63) is 224 Å². The molecule has 3 heterocycles. The van der Waals surface area contributed by atoms with Crippen molar-refractivity contribution in [3.8, 4) is 61.5 Å². The van der Waals surface area contributed by atoms with E-state index in [2.05, 4.69) is 234 Å². The number of hydrogen-bond acceptors (Lipinski definition) is 2. The lowest BCUT2D eigenvalue weighted by molar-refractivity contribution is 1.16. The molecule has 0 atom stereocenters. The summed E-state index contributed by atoms with van der Waals surface area (Å²) >= 11 is 0. The summed E-state index contributed by atoms with van der Waals surface area (Å²) in [5.41, 5.74) is 17.1. The second-order valence-electron chi connectivity index (χ2n) is 15.5. The summed E-state index contributed by atoms with van der Waals surface area (Å²) in [4.78, 5) is 7.98. The Morgan fingerprint density at radius 3 is 1.62 bits per heavy atom. The summed E-state index contributed by atoms with van der Waals surface area (Å²) in [6.45, 7) is 0. The Bertz CT molecular complexity index is 3340. The quantitative estimate of drug-likeness (QED) is 0.168. The third kappa shape index (κ3) is 5.48. The van der Waals surface area contributed by atoms with Gasteiger partial charge in [-0.1, -0.05) is 170 Å². The standard InChI is InChI=1S/C57H37N3/c1-6-17-38(18-7-1)42-29-32-52-48(33-42)50-36-49-47-31-30-45(40-21-10-3-11-22-40)46-27-16-28-53(57(46)47)60(55(49)37-54(50)59(52)44-25-14-5-15-26-44)56-35-43(39-19-8-2-9-20-39)34-51(58-56)41-23-12-4-13-24-41/h1-37H. The van der Waals surface area contributed by atoms with E-state index in [0.29, 0.717) is 0 Å². The highest BCUT2D eigenvalue weighted by Gasteiger charge is 2.30. The predicted molar refractivity (Wildman–Crippen MR) is 252 cm³/mol. The van der Waals surface area contributed by atoms with Crippen molar-refractivity contribution in [2.75, 3.05) is 4.90 Å². The van der Waals surface area contributed by atoms with E-state index in [1.807, 2.05) is 0 Å². The van der Waals surface area contributed by atoms with E-state index < -0.39 is 0 Å². The molecule has 60 heavy (non-hydrogen) atoms. The van der Waals surface area contributed by atoms with Gasteiger partial charge in [-0.2, -0.15) is 0 Å². The maximum Gasteiger partial charge on any atom is 0.138 e. The molecule has 2 aromatic heterocycles. The predicted octanol–water partition coefficient (Wildman–Crippen LogP) is 15.5. The molecule has 0 aliphatic carbocycles. The first-order chi connectivity index (χ1) is 29.8. The molecule has 0 N–H and O–H groups in total. The molecule has 3 nitrogen and oxygen atoms in total. The third-order valence-corrected chi connectivity index (χ3v) is 12.1. The van der Waals surface area contributed by atoms with Gasteiger partial charge in [-0.15, -0.1) is 0 Å². The zero-order valence-electron chi connectivity index (χ0n) is 32.7. The molecule has 1 aliphatic heterocycles. The van der Waals surface area contributed by atoms with Crippen LogP contribution >= 0.6 is 0 Å². The molecule has 0 spiro atoms. The summed E-state index contributed by atoms with van der Waals surface area (Å²) in [6, 6.07) is 81.1. The average molecular weight is 764 g/mol. The zero-order valence-corrected chi connectivity index (χ0v) is 32.7. The van der Waals surface area contributed by atoms with Gasteiger partial charge in [-0.25, -0.2) is 4.98 Å².